The predicted molar refractivity (Wildman–Crippen MR) is 96.0 cm³/mol. The van der Waals surface area contributed by atoms with Gasteiger partial charge in [-0.25, -0.2) is 4.68 Å². The fourth-order valence-corrected chi connectivity index (χ4v) is 4.27. The molecule has 27 heavy (non-hydrogen) atoms. The number of hydrogen-bond acceptors (Lipinski definition) is 5. The van der Waals surface area contributed by atoms with Crippen LogP contribution in [0.2, 0.25) is 0 Å². The molecule has 2 N–H and O–H groups in total. The summed E-state index contributed by atoms with van der Waals surface area (Å²) in [6.45, 7) is 0.395. The van der Waals surface area contributed by atoms with Crippen molar-refractivity contribution in [3.8, 4) is 6.07 Å². The quantitative estimate of drug-likeness (QED) is 0.816. The number of nitrogens with zero attached hydrogens (tertiary/aromatic N) is 4. The van der Waals surface area contributed by atoms with Crippen LogP contribution < -0.4 is 10.6 Å². The smallest absolute Gasteiger partial charge is 0.225 e. The molecule has 2 atom stereocenters. The first-order chi connectivity index (χ1) is 13.1. The molecule has 1 aromatic rings. The lowest BCUT2D eigenvalue weighted by atomic mass is 9.82. The van der Waals surface area contributed by atoms with E-state index in [2.05, 4.69) is 27.0 Å². The van der Waals surface area contributed by atoms with Crippen LogP contribution in [0.4, 0.5) is 0 Å². The van der Waals surface area contributed by atoms with Crippen molar-refractivity contribution in [2.45, 2.75) is 69.4 Å². The van der Waals surface area contributed by atoms with Crippen LogP contribution in [0.1, 0.15) is 69.5 Å². The zero-order valence-corrected chi connectivity index (χ0v) is 15.5. The van der Waals surface area contributed by atoms with Gasteiger partial charge in [-0.3, -0.25) is 9.59 Å². The Bertz CT molecular complexity index is 746. The van der Waals surface area contributed by atoms with Gasteiger partial charge in [-0.05, 0) is 38.0 Å². The Morgan fingerprint density at radius 3 is 2.74 bits per heavy atom. The van der Waals surface area contributed by atoms with Gasteiger partial charge < -0.3 is 10.6 Å². The van der Waals surface area contributed by atoms with Gasteiger partial charge in [0.1, 0.15) is 5.69 Å². The van der Waals surface area contributed by atoms with E-state index in [1.165, 1.54) is 6.42 Å². The van der Waals surface area contributed by atoms with Gasteiger partial charge in [0, 0.05) is 13.0 Å². The van der Waals surface area contributed by atoms with Crippen molar-refractivity contribution in [3.63, 3.8) is 0 Å². The summed E-state index contributed by atoms with van der Waals surface area (Å²) < 4.78 is 1.67. The minimum Gasteiger partial charge on any atom is -0.355 e. The summed E-state index contributed by atoms with van der Waals surface area (Å²) in [6.07, 6.45) is 10.1. The van der Waals surface area contributed by atoms with Crippen molar-refractivity contribution in [1.29, 1.82) is 5.26 Å². The normalized spacial score (nSPS) is 25.9. The van der Waals surface area contributed by atoms with Crippen molar-refractivity contribution >= 4 is 11.8 Å². The highest BCUT2D eigenvalue weighted by molar-refractivity contribution is 5.83. The average molecular weight is 370 g/mol. The third-order valence-corrected chi connectivity index (χ3v) is 6.26. The molecule has 3 aliphatic rings. The van der Waals surface area contributed by atoms with Gasteiger partial charge in [0.25, 0.3) is 0 Å². The molecule has 8 nitrogen and oxygen atoms in total. The van der Waals surface area contributed by atoms with Gasteiger partial charge in [0.05, 0.1) is 24.2 Å². The lowest BCUT2D eigenvalue weighted by molar-refractivity contribution is -0.129. The van der Waals surface area contributed by atoms with Gasteiger partial charge >= 0.3 is 0 Å². The third-order valence-electron chi connectivity index (χ3n) is 6.26. The molecule has 0 bridgehead atoms. The van der Waals surface area contributed by atoms with Crippen LogP contribution in [0.3, 0.4) is 0 Å². The standard InChI is InChI=1S/C19H26N6O2/c20-12-19(8-9-19)25-11-15(23-24-25)17(13-4-2-1-3-5-13)22-18(27)14-6-7-16(26)21-10-14/h11,13-14,17H,1-10H2,(H,21,26)(H,22,27). The molecule has 144 valence electrons. The SMILES string of the molecule is N#CC1(n2cc(C(NC(=O)C3CCC(=O)NC3)C3CCCCC3)nn2)CC1. The second-order valence-corrected chi connectivity index (χ2v) is 8.16. The predicted octanol–water partition coefficient (Wildman–Crippen LogP) is 1.55. The fraction of sp³-hybridized carbons (Fsp3) is 0.737. The molecule has 2 heterocycles. The molecule has 0 aromatic carbocycles. The van der Waals surface area contributed by atoms with E-state index >= 15 is 0 Å². The topological polar surface area (TPSA) is 113 Å². The molecule has 2 unspecified atom stereocenters. The Morgan fingerprint density at radius 1 is 1.33 bits per heavy atom. The van der Waals surface area contributed by atoms with Gasteiger partial charge in [0.15, 0.2) is 5.54 Å². The Balaban J connectivity index is 1.51. The van der Waals surface area contributed by atoms with Gasteiger partial charge in [-0.1, -0.05) is 24.5 Å². The van der Waals surface area contributed by atoms with Crippen LogP contribution in [0.5, 0.6) is 0 Å². The van der Waals surface area contributed by atoms with Crippen LogP contribution in [0.15, 0.2) is 6.20 Å². The number of nitrogens with one attached hydrogen (secondary N) is 2. The van der Waals surface area contributed by atoms with Gasteiger partial charge in [-0.15, -0.1) is 5.10 Å². The summed E-state index contributed by atoms with van der Waals surface area (Å²) >= 11 is 0. The number of aromatic nitrogens is 3. The Labute approximate surface area is 158 Å². The summed E-state index contributed by atoms with van der Waals surface area (Å²) in [5.41, 5.74) is 0.205. The van der Waals surface area contributed by atoms with E-state index in [9.17, 15) is 14.9 Å². The molecule has 2 amide bonds. The zero-order chi connectivity index (χ0) is 18.9. The summed E-state index contributed by atoms with van der Waals surface area (Å²) in [7, 11) is 0. The number of carbonyl (C=O) groups is 2. The molecular weight excluding hydrogens is 344 g/mol. The van der Waals surface area contributed by atoms with Crippen molar-refractivity contribution in [3.05, 3.63) is 11.9 Å². The van der Waals surface area contributed by atoms with E-state index in [-0.39, 0.29) is 23.8 Å². The highest BCUT2D eigenvalue weighted by atomic mass is 16.2. The van der Waals surface area contributed by atoms with E-state index in [1.54, 1.807) is 4.68 Å². The van der Waals surface area contributed by atoms with E-state index in [0.29, 0.717) is 25.3 Å². The van der Waals surface area contributed by atoms with Crippen LogP contribution in [-0.2, 0) is 15.1 Å². The number of piperidine rings is 1. The van der Waals surface area contributed by atoms with Crippen molar-refractivity contribution in [2.75, 3.05) is 6.54 Å². The molecule has 1 aliphatic heterocycles. The Kier molecular flexibility index (Phi) is 4.85. The summed E-state index contributed by atoms with van der Waals surface area (Å²) in [5, 5.41) is 23.9. The largest absolute Gasteiger partial charge is 0.355 e. The van der Waals surface area contributed by atoms with E-state index in [4.69, 9.17) is 0 Å². The molecule has 1 aromatic heterocycles. The Morgan fingerprint density at radius 2 is 2.11 bits per heavy atom. The van der Waals surface area contributed by atoms with Crippen molar-refractivity contribution in [2.24, 2.45) is 11.8 Å². The molecule has 2 saturated carbocycles. The third kappa shape index (κ3) is 3.68. The first kappa shape index (κ1) is 18.0. The van der Waals surface area contributed by atoms with E-state index in [1.807, 2.05) is 6.20 Å². The van der Waals surface area contributed by atoms with Crippen LogP contribution in [0.25, 0.3) is 0 Å². The first-order valence-electron chi connectivity index (χ1n) is 10.0. The van der Waals surface area contributed by atoms with Crippen molar-refractivity contribution in [1.82, 2.24) is 25.6 Å². The fourth-order valence-electron chi connectivity index (χ4n) is 4.27. The van der Waals surface area contributed by atoms with E-state index in [0.717, 1.165) is 44.2 Å². The lowest BCUT2D eigenvalue weighted by Gasteiger charge is -2.31. The Hall–Kier alpha value is -2.43. The maximum Gasteiger partial charge on any atom is 0.225 e. The first-order valence-corrected chi connectivity index (χ1v) is 10.0. The molecule has 2 aliphatic carbocycles. The van der Waals surface area contributed by atoms with Gasteiger partial charge in [-0.2, -0.15) is 5.26 Å². The molecule has 8 heteroatoms. The molecule has 0 spiro atoms. The maximum absolute atomic E-state index is 12.8. The maximum atomic E-state index is 12.8. The highest BCUT2D eigenvalue weighted by Crippen LogP contribution is 2.43. The highest BCUT2D eigenvalue weighted by Gasteiger charge is 2.47. The van der Waals surface area contributed by atoms with Crippen LogP contribution in [-0.4, -0.2) is 33.4 Å². The minimum atomic E-state index is -0.542. The van der Waals surface area contributed by atoms with Gasteiger partial charge in [0.2, 0.25) is 11.8 Å². The number of nitriles is 1. The summed E-state index contributed by atoms with van der Waals surface area (Å²) in [4.78, 5) is 24.2. The molecule has 1 saturated heterocycles. The molecule has 3 fully saturated rings. The number of hydrogen-bond donors (Lipinski definition) is 2. The summed E-state index contributed by atoms with van der Waals surface area (Å²) in [5.74, 6) is 0.125. The number of carbonyl (C=O) groups excluding carboxylic acids is 2. The van der Waals surface area contributed by atoms with Crippen LogP contribution >= 0.6 is 0 Å². The number of rotatable bonds is 5. The van der Waals surface area contributed by atoms with Crippen molar-refractivity contribution < 1.29 is 9.59 Å². The van der Waals surface area contributed by atoms with Crippen LogP contribution in [0, 0.1) is 23.2 Å². The average Bonchev–Trinajstić information content (AvgIpc) is 3.36. The summed E-state index contributed by atoms with van der Waals surface area (Å²) in [6, 6.07) is 2.15. The number of amides is 2. The second-order valence-electron chi connectivity index (χ2n) is 8.16. The molecule has 4 rings (SSSR count). The van der Waals surface area contributed by atoms with E-state index < -0.39 is 5.54 Å². The lowest BCUT2D eigenvalue weighted by Crippen LogP contribution is -2.45. The molecular formula is C19H26N6O2. The minimum absolute atomic E-state index is 0.0112. The monoisotopic (exact) mass is 370 g/mol. The molecule has 0 radical (unpaired) electrons. The second kappa shape index (κ2) is 7.29. The zero-order valence-electron chi connectivity index (χ0n) is 15.5.